The lowest BCUT2D eigenvalue weighted by Crippen LogP contribution is -2.39. The van der Waals surface area contributed by atoms with Crippen LogP contribution in [-0.2, 0) is 4.74 Å². The number of hydrogen-bond donors (Lipinski definition) is 2. The second-order valence-electron chi connectivity index (χ2n) is 6.13. The van der Waals surface area contributed by atoms with E-state index in [9.17, 15) is 0 Å². The maximum atomic E-state index is 5.22. The minimum Gasteiger partial charge on any atom is -0.383 e. The van der Waals surface area contributed by atoms with Crippen LogP contribution in [0.1, 0.15) is 20.3 Å². The van der Waals surface area contributed by atoms with Gasteiger partial charge in [-0.1, -0.05) is 13.8 Å². The summed E-state index contributed by atoms with van der Waals surface area (Å²) in [5.74, 6) is 2.49. The molecule has 22 heavy (non-hydrogen) atoms. The number of nitrogens with zero attached hydrogens (tertiary/aromatic N) is 2. The Kier molecular flexibility index (Phi) is 6.39. The number of ether oxygens (including phenoxy) is 1. The molecule has 0 amide bonds. The highest BCUT2D eigenvalue weighted by molar-refractivity contribution is 7.80. The smallest absolute Gasteiger partial charge is 0.170 e. The van der Waals surface area contributed by atoms with Gasteiger partial charge in [0.15, 0.2) is 5.11 Å². The Labute approximate surface area is 138 Å². The molecular weight excluding hydrogens is 296 g/mol. The number of pyridine rings is 1. The van der Waals surface area contributed by atoms with Crippen LogP contribution in [0.5, 0.6) is 0 Å². The molecule has 1 fully saturated rings. The van der Waals surface area contributed by atoms with Crippen molar-refractivity contribution >= 4 is 28.8 Å². The highest BCUT2D eigenvalue weighted by atomic mass is 32.1. The number of hydrogen-bond acceptors (Lipinski definition) is 4. The quantitative estimate of drug-likeness (QED) is 0.642. The normalized spacial score (nSPS) is 21.5. The molecule has 5 nitrogen and oxygen atoms in total. The first-order valence-electron chi connectivity index (χ1n) is 7.83. The number of rotatable bonds is 5. The van der Waals surface area contributed by atoms with Gasteiger partial charge in [-0.05, 0) is 42.6 Å². The molecule has 0 aromatic carbocycles. The molecule has 1 aliphatic rings. The lowest BCUT2D eigenvalue weighted by molar-refractivity contribution is 0.204. The van der Waals surface area contributed by atoms with Gasteiger partial charge in [0.25, 0.3) is 0 Å². The molecule has 2 N–H and O–H groups in total. The topological polar surface area (TPSA) is 49.4 Å². The van der Waals surface area contributed by atoms with Crippen LogP contribution in [0, 0.1) is 11.8 Å². The van der Waals surface area contributed by atoms with Crippen LogP contribution in [-0.4, -0.2) is 43.4 Å². The Balaban J connectivity index is 1.88. The van der Waals surface area contributed by atoms with Gasteiger partial charge in [-0.15, -0.1) is 0 Å². The highest BCUT2D eigenvalue weighted by Gasteiger charge is 2.22. The molecular formula is C16H26N4OS. The molecule has 0 saturated carbocycles. The maximum absolute atomic E-state index is 5.22. The number of aromatic nitrogens is 1. The number of anilines is 2. The number of methoxy groups -OCH3 is 1. The molecule has 2 rings (SSSR count). The fraction of sp³-hybridized carbons (Fsp3) is 0.625. The molecule has 6 heteroatoms. The molecule has 2 unspecified atom stereocenters. The van der Waals surface area contributed by atoms with Gasteiger partial charge in [0.2, 0.25) is 0 Å². The first kappa shape index (κ1) is 17.0. The van der Waals surface area contributed by atoms with Crippen LogP contribution < -0.4 is 15.5 Å². The summed E-state index contributed by atoms with van der Waals surface area (Å²) in [4.78, 5) is 6.94. The van der Waals surface area contributed by atoms with Crippen LogP contribution in [0.15, 0.2) is 18.3 Å². The van der Waals surface area contributed by atoms with Gasteiger partial charge in [-0.2, -0.15) is 0 Å². The first-order chi connectivity index (χ1) is 10.6. The molecule has 1 saturated heterocycles. The zero-order chi connectivity index (χ0) is 15.9. The summed E-state index contributed by atoms with van der Waals surface area (Å²) >= 11 is 5.22. The summed E-state index contributed by atoms with van der Waals surface area (Å²) in [5.41, 5.74) is 0.900. The predicted octanol–water partition coefficient (Wildman–Crippen LogP) is 2.50. The SMILES string of the molecule is COCCNC(=S)Nc1ccc(N2CC(C)CC(C)C2)nc1. The van der Waals surface area contributed by atoms with Gasteiger partial charge in [0.05, 0.1) is 18.5 Å². The van der Waals surface area contributed by atoms with Crippen molar-refractivity contribution in [3.05, 3.63) is 18.3 Å². The average molecular weight is 322 g/mol. The third-order valence-electron chi connectivity index (χ3n) is 3.79. The van der Waals surface area contributed by atoms with Gasteiger partial charge in [0.1, 0.15) is 5.82 Å². The Morgan fingerprint density at radius 1 is 1.36 bits per heavy atom. The average Bonchev–Trinajstić information content (AvgIpc) is 2.47. The van der Waals surface area contributed by atoms with E-state index in [1.54, 1.807) is 7.11 Å². The molecule has 2 heterocycles. The van der Waals surface area contributed by atoms with Gasteiger partial charge < -0.3 is 20.3 Å². The fourth-order valence-corrected chi connectivity index (χ4v) is 3.16. The third kappa shape index (κ3) is 5.10. The number of thiocarbonyl (C=S) groups is 1. The molecule has 2 atom stereocenters. The van der Waals surface area contributed by atoms with E-state index in [4.69, 9.17) is 17.0 Å². The Morgan fingerprint density at radius 2 is 2.09 bits per heavy atom. The van der Waals surface area contributed by atoms with Gasteiger partial charge >= 0.3 is 0 Å². The first-order valence-corrected chi connectivity index (χ1v) is 8.24. The minimum atomic E-state index is 0.590. The van der Waals surface area contributed by atoms with E-state index in [0.717, 1.165) is 36.4 Å². The Bertz CT molecular complexity index is 470. The van der Waals surface area contributed by atoms with Crippen LogP contribution >= 0.6 is 12.2 Å². The summed E-state index contributed by atoms with van der Waals surface area (Å²) in [6, 6.07) is 4.08. The van der Waals surface area contributed by atoms with E-state index in [1.807, 2.05) is 12.3 Å². The zero-order valence-corrected chi connectivity index (χ0v) is 14.4. The molecule has 1 aromatic rings. The molecule has 0 bridgehead atoms. The summed E-state index contributed by atoms with van der Waals surface area (Å²) < 4.78 is 4.97. The largest absolute Gasteiger partial charge is 0.383 e. The van der Waals surface area contributed by atoms with Crippen LogP contribution in [0.3, 0.4) is 0 Å². The molecule has 122 valence electrons. The molecule has 0 radical (unpaired) electrons. The lowest BCUT2D eigenvalue weighted by Gasteiger charge is -2.35. The van der Waals surface area contributed by atoms with E-state index in [1.165, 1.54) is 6.42 Å². The second kappa shape index (κ2) is 8.29. The van der Waals surface area contributed by atoms with Gasteiger partial charge in [-0.25, -0.2) is 4.98 Å². The monoisotopic (exact) mass is 322 g/mol. The standard InChI is InChI=1S/C16H26N4OS/c1-12-8-13(2)11-20(10-12)15-5-4-14(9-18-15)19-16(22)17-6-7-21-3/h4-5,9,12-13H,6-8,10-11H2,1-3H3,(H2,17,19,22). The zero-order valence-electron chi connectivity index (χ0n) is 13.6. The van der Waals surface area contributed by atoms with E-state index >= 15 is 0 Å². The third-order valence-corrected chi connectivity index (χ3v) is 4.04. The van der Waals surface area contributed by atoms with Gasteiger partial charge in [-0.3, -0.25) is 0 Å². The highest BCUT2D eigenvalue weighted by Crippen LogP contribution is 2.25. The lowest BCUT2D eigenvalue weighted by atomic mass is 9.92. The minimum absolute atomic E-state index is 0.590. The predicted molar refractivity (Wildman–Crippen MR) is 95.5 cm³/mol. The van der Waals surface area contributed by atoms with Crippen molar-refractivity contribution in [2.45, 2.75) is 20.3 Å². The van der Waals surface area contributed by atoms with E-state index in [2.05, 4.69) is 40.4 Å². The maximum Gasteiger partial charge on any atom is 0.170 e. The molecule has 0 aliphatic carbocycles. The van der Waals surface area contributed by atoms with E-state index in [0.29, 0.717) is 18.3 Å². The molecule has 1 aliphatic heterocycles. The summed E-state index contributed by atoms with van der Waals surface area (Å²) in [6.07, 6.45) is 3.14. The number of nitrogens with one attached hydrogen (secondary N) is 2. The van der Waals surface area contributed by atoms with Crippen molar-refractivity contribution in [3.8, 4) is 0 Å². The van der Waals surface area contributed by atoms with Crippen LogP contribution in [0.25, 0.3) is 0 Å². The summed E-state index contributed by atoms with van der Waals surface area (Å²) in [6.45, 7) is 8.11. The van der Waals surface area contributed by atoms with Crippen molar-refractivity contribution < 1.29 is 4.74 Å². The number of piperidine rings is 1. The van der Waals surface area contributed by atoms with Crippen molar-refractivity contribution in [2.24, 2.45) is 11.8 Å². The Hall–Kier alpha value is -1.40. The van der Waals surface area contributed by atoms with Crippen molar-refractivity contribution in [2.75, 3.05) is 43.6 Å². The second-order valence-corrected chi connectivity index (χ2v) is 6.54. The van der Waals surface area contributed by atoms with Crippen molar-refractivity contribution in [1.82, 2.24) is 10.3 Å². The van der Waals surface area contributed by atoms with E-state index < -0.39 is 0 Å². The fourth-order valence-electron chi connectivity index (χ4n) is 2.94. The van der Waals surface area contributed by atoms with Crippen molar-refractivity contribution in [3.63, 3.8) is 0 Å². The van der Waals surface area contributed by atoms with Gasteiger partial charge in [0, 0.05) is 26.7 Å². The van der Waals surface area contributed by atoms with Crippen molar-refractivity contribution in [1.29, 1.82) is 0 Å². The summed E-state index contributed by atoms with van der Waals surface area (Å²) in [5, 5.41) is 6.80. The summed E-state index contributed by atoms with van der Waals surface area (Å²) in [7, 11) is 1.67. The Morgan fingerprint density at radius 3 is 2.68 bits per heavy atom. The van der Waals surface area contributed by atoms with Crippen LogP contribution in [0.4, 0.5) is 11.5 Å². The van der Waals surface area contributed by atoms with E-state index in [-0.39, 0.29) is 0 Å². The molecule has 1 aromatic heterocycles. The van der Waals surface area contributed by atoms with Crippen LogP contribution in [0.2, 0.25) is 0 Å². The molecule has 0 spiro atoms.